The molecule has 0 saturated carbocycles. The van der Waals surface area contributed by atoms with E-state index in [2.05, 4.69) is 15.4 Å². The molecule has 0 atom stereocenters. The number of carbonyl (C=O) groups excluding carboxylic acids is 2. The molecule has 1 aliphatic rings. The monoisotopic (exact) mass is 436 g/mol. The number of pyridine rings is 2. The highest BCUT2D eigenvalue weighted by atomic mass is 16.2. The predicted octanol–water partition coefficient (Wildman–Crippen LogP) is 2.42. The number of rotatable bonds is 5. The van der Waals surface area contributed by atoms with E-state index in [-0.39, 0.29) is 29.8 Å². The molecule has 0 unspecified atom stereocenters. The number of piperidine rings is 1. The first-order valence-electron chi connectivity index (χ1n) is 10.9. The lowest BCUT2D eigenvalue weighted by Crippen LogP contribution is -2.35. The second-order valence-corrected chi connectivity index (χ2v) is 8.60. The molecule has 1 aliphatic heterocycles. The fourth-order valence-electron chi connectivity index (χ4n) is 4.08. The van der Waals surface area contributed by atoms with Gasteiger partial charge in [-0.25, -0.2) is 9.67 Å². The van der Waals surface area contributed by atoms with Crippen LogP contribution < -0.4 is 15.8 Å². The summed E-state index contributed by atoms with van der Waals surface area (Å²) in [6.07, 6.45) is 2.60. The second-order valence-electron chi connectivity index (χ2n) is 8.60. The minimum atomic E-state index is -0.297. The van der Waals surface area contributed by atoms with Gasteiger partial charge in [-0.2, -0.15) is 5.10 Å². The summed E-state index contributed by atoms with van der Waals surface area (Å²) in [6.45, 7) is 8.97. The summed E-state index contributed by atoms with van der Waals surface area (Å²) in [5, 5.41) is 7.98. The van der Waals surface area contributed by atoms with Crippen molar-refractivity contribution >= 4 is 28.5 Å². The Hall–Kier alpha value is -3.49. The largest absolute Gasteiger partial charge is 0.356 e. The van der Waals surface area contributed by atoms with Crippen LogP contribution in [-0.4, -0.2) is 44.5 Å². The highest BCUT2D eigenvalue weighted by molar-refractivity contribution is 6.06. The van der Waals surface area contributed by atoms with E-state index in [1.807, 2.05) is 38.7 Å². The van der Waals surface area contributed by atoms with E-state index in [0.29, 0.717) is 53.9 Å². The van der Waals surface area contributed by atoms with Crippen LogP contribution >= 0.6 is 0 Å². The molecule has 0 bridgehead atoms. The van der Waals surface area contributed by atoms with E-state index in [0.717, 1.165) is 11.3 Å². The number of ketones is 1. The zero-order valence-corrected chi connectivity index (χ0v) is 18.9. The van der Waals surface area contributed by atoms with E-state index in [1.54, 1.807) is 16.9 Å². The number of H-pyrrole nitrogens is 1. The summed E-state index contributed by atoms with van der Waals surface area (Å²) in [5.41, 5.74) is 3.02. The molecule has 4 heterocycles. The van der Waals surface area contributed by atoms with Crippen molar-refractivity contribution in [2.75, 3.05) is 18.0 Å². The molecule has 9 nitrogen and oxygen atoms in total. The van der Waals surface area contributed by atoms with Gasteiger partial charge in [0, 0.05) is 49.8 Å². The van der Waals surface area contributed by atoms with Crippen LogP contribution in [0.3, 0.4) is 0 Å². The predicted molar refractivity (Wildman–Crippen MR) is 122 cm³/mol. The third kappa shape index (κ3) is 4.15. The molecule has 168 valence electrons. The van der Waals surface area contributed by atoms with Crippen molar-refractivity contribution < 1.29 is 9.59 Å². The maximum atomic E-state index is 13.2. The third-order valence-electron chi connectivity index (χ3n) is 5.85. The van der Waals surface area contributed by atoms with Gasteiger partial charge in [-0.05, 0) is 45.4 Å². The quantitative estimate of drug-likeness (QED) is 0.635. The Balaban J connectivity index is 1.69. The minimum absolute atomic E-state index is 0.0721. The number of nitrogens with zero attached hydrogens (tertiary/aromatic N) is 4. The molecule has 9 heteroatoms. The van der Waals surface area contributed by atoms with Gasteiger partial charge in [-0.15, -0.1) is 0 Å². The van der Waals surface area contributed by atoms with Gasteiger partial charge in [-0.1, -0.05) is 0 Å². The molecule has 2 N–H and O–H groups in total. The van der Waals surface area contributed by atoms with Crippen LogP contribution in [0.1, 0.15) is 59.9 Å². The highest BCUT2D eigenvalue weighted by Crippen LogP contribution is 2.26. The average molecular weight is 437 g/mol. The zero-order chi connectivity index (χ0) is 23.0. The molecule has 3 aromatic heterocycles. The van der Waals surface area contributed by atoms with Crippen molar-refractivity contribution in [3.63, 3.8) is 0 Å². The molecule has 1 amide bonds. The number of nitrogens with one attached hydrogen (secondary N) is 2. The summed E-state index contributed by atoms with van der Waals surface area (Å²) in [4.78, 5) is 46.8. The van der Waals surface area contributed by atoms with E-state index in [9.17, 15) is 14.4 Å². The number of amides is 1. The van der Waals surface area contributed by atoms with Gasteiger partial charge in [-0.3, -0.25) is 14.4 Å². The van der Waals surface area contributed by atoms with Crippen LogP contribution in [-0.2, 0) is 11.3 Å². The van der Waals surface area contributed by atoms with Crippen molar-refractivity contribution in [1.82, 2.24) is 25.1 Å². The summed E-state index contributed by atoms with van der Waals surface area (Å²) in [6, 6.07) is 3.71. The lowest BCUT2D eigenvalue weighted by atomic mass is 10.1. The third-order valence-corrected chi connectivity index (χ3v) is 5.85. The fourth-order valence-corrected chi connectivity index (χ4v) is 4.08. The number of carbonyl (C=O) groups is 2. The van der Waals surface area contributed by atoms with E-state index >= 15 is 0 Å². The lowest BCUT2D eigenvalue weighted by molar-refractivity contribution is -0.119. The van der Waals surface area contributed by atoms with Crippen LogP contribution in [0.25, 0.3) is 11.0 Å². The average Bonchev–Trinajstić information content (AvgIpc) is 3.17. The van der Waals surface area contributed by atoms with E-state index < -0.39 is 0 Å². The van der Waals surface area contributed by atoms with Crippen molar-refractivity contribution in [3.8, 4) is 0 Å². The smallest absolute Gasteiger partial charge is 0.253 e. The van der Waals surface area contributed by atoms with Gasteiger partial charge >= 0.3 is 0 Å². The Morgan fingerprint density at radius 3 is 2.56 bits per heavy atom. The van der Waals surface area contributed by atoms with E-state index in [1.165, 1.54) is 0 Å². The van der Waals surface area contributed by atoms with Gasteiger partial charge in [0.05, 0.1) is 17.1 Å². The number of aromatic amines is 1. The Kier molecular flexibility index (Phi) is 5.82. The molecule has 32 heavy (non-hydrogen) atoms. The second kappa shape index (κ2) is 8.57. The number of Topliss-reactive ketones (excluding diaryl/α,β-unsaturated/α-hetero) is 1. The maximum Gasteiger partial charge on any atom is 0.253 e. The number of hydrogen-bond acceptors (Lipinski definition) is 6. The SMILES string of the molecule is Cc1cc(C)c(CNC(=O)c2cc(N3CCC(=O)CC3)nc3c2cnn3C(C)C)c(=O)[nH]1. The molecule has 4 rings (SSSR count). The summed E-state index contributed by atoms with van der Waals surface area (Å²) >= 11 is 0. The van der Waals surface area contributed by atoms with Crippen molar-refractivity contribution in [3.05, 3.63) is 51.1 Å². The first-order valence-corrected chi connectivity index (χ1v) is 10.9. The number of aryl methyl sites for hydroxylation is 2. The van der Waals surface area contributed by atoms with Crippen LogP contribution in [0, 0.1) is 13.8 Å². The summed E-state index contributed by atoms with van der Waals surface area (Å²) in [5.74, 6) is 0.600. The maximum absolute atomic E-state index is 13.2. The van der Waals surface area contributed by atoms with Crippen LogP contribution in [0.5, 0.6) is 0 Å². The highest BCUT2D eigenvalue weighted by Gasteiger charge is 2.23. The molecular formula is C23H28N6O3. The Bertz CT molecular complexity index is 1250. The Morgan fingerprint density at radius 1 is 1.19 bits per heavy atom. The first kappa shape index (κ1) is 21.7. The van der Waals surface area contributed by atoms with Crippen molar-refractivity contribution in [2.24, 2.45) is 0 Å². The lowest BCUT2D eigenvalue weighted by Gasteiger charge is -2.27. The number of fused-ring (bicyclic) bond motifs is 1. The normalized spacial score (nSPS) is 14.4. The molecular weight excluding hydrogens is 408 g/mol. The van der Waals surface area contributed by atoms with Crippen LogP contribution in [0.4, 0.5) is 5.82 Å². The number of anilines is 1. The minimum Gasteiger partial charge on any atom is -0.356 e. The topological polar surface area (TPSA) is 113 Å². The molecule has 0 spiro atoms. The van der Waals surface area contributed by atoms with E-state index in [4.69, 9.17) is 4.98 Å². The summed E-state index contributed by atoms with van der Waals surface area (Å²) < 4.78 is 1.79. The van der Waals surface area contributed by atoms with Crippen molar-refractivity contribution in [2.45, 2.75) is 53.1 Å². The Labute approximate surface area is 185 Å². The number of aromatic nitrogens is 4. The molecule has 1 saturated heterocycles. The van der Waals surface area contributed by atoms with Gasteiger partial charge in [0.15, 0.2) is 5.65 Å². The molecule has 0 aliphatic carbocycles. The van der Waals surface area contributed by atoms with Gasteiger partial charge < -0.3 is 15.2 Å². The molecule has 3 aromatic rings. The van der Waals surface area contributed by atoms with Crippen LogP contribution in [0.15, 0.2) is 23.1 Å². The van der Waals surface area contributed by atoms with Gasteiger partial charge in [0.1, 0.15) is 11.6 Å². The summed E-state index contributed by atoms with van der Waals surface area (Å²) in [7, 11) is 0. The zero-order valence-electron chi connectivity index (χ0n) is 18.9. The van der Waals surface area contributed by atoms with Crippen LogP contribution in [0.2, 0.25) is 0 Å². The molecule has 0 radical (unpaired) electrons. The van der Waals surface area contributed by atoms with Crippen molar-refractivity contribution in [1.29, 1.82) is 0 Å². The Morgan fingerprint density at radius 2 is 1.91 bits per heavy atom. The molecule has 0 aromatic carbocycles. The standard InChI is InChI=1S/C23H28N6O3/c1-13(2)29-21-19(12-25-29)17(10-20(27-21)28-7-5-16(30)6-8-28)22(31)24-11-18-14(3)9-15(4)26-23(18)32/h9-10,12-13H,5-8,11H2,1-4H3,(H,24,31)(H,26,32). The fraction of sp³-hybridized carbons (Fsp3) is 0.435. The van der Waals surface area contributed by atoms with Gasteiger partial charge in [0.25, 0.3) is 11.5 Å². The number of hydrogen-bond donors (Lipinski definition) is 2. The first-order chi connectivity index (χ1) is 15.2. The molecule has 1 fully saturated rings. The van der Waals surface area contributed by atoms with Gasteiger partial charge in [0.2, 0.25) is 0 Å².